The van der Waals surface area contributed by atoms with Crippen LogP contribution in [0, 0.1) is 0 Å². The highest BCUT2D eigenvalue weighted by atomic mass is 16.6. The SMILES string of the molecule is CCCCC/C=C/C/C=C/C/C=C/C/C=C/CCCC(=O)OCC1CO1. The van der Waals surface area contributed by atoms with Crippen LogP contribution in [0.1, 0.15) is 71.1 Å². The third-order valence-corrected chi connectivity index (χ3v) is 4.04. The van der Waals surface area contributed by atoms with Crippen LogP contribution >= 0.6 is 0 Å². The standard InChI is InChI=1S/C23H36O3/c1-2-3-4-5-6-7-8-9-10-11-12-13-14-15-16-17-18-19-23(24)26-21-22-20-25-22/h6-7,9-10,12-13,15-16,22H,2-5,8,11,14,17-21H2,1H3/b7-6+,10-9+,13-12+,16-15+. The van der Waals surface area contributed by atoms with Crippen LogP contribution < -0.4 is 0 Å². The van der Waals surface area contributed by atoms with Crippen molar-refractivity contribution in [2.45, 2.75) is 77.2 Å². The minimum Gasteiger partial charge on any atom is -0.463 e. The largest absolute Gasteiger partial charge is 0.463 e. The molecule has 1 aliphatic rings. The number of hydrogen-bond acceptors (Lipinski definition) is 3. The second-order valence-electron chi connectivity index (χ2n) is 6.62. The number of rotatable bonds is 16. The predicted molar refractivity (Wildman–Crippen MR) is 109 cm³/mol. The minimum absolute atomic E-state index is 0.114. The van der Waals surface area contributed by atoms with Gasteiger partial charge in [-0.2, -0.15) is 0 Å². The molecule has 0 saturated carbocycles. The van der Waals surface area contributed by atoms with Crippen molar-refractivity contribution < 1.29 is 14.3 Å². The van der Waals surface area contributed by atoms with E-state index in [1.54, 1.807) is 0 Å². The Kier molecular flexibility index (Phi) is 14.5. The van der Waals surface area contributed by atoms with E-state index in [1.165, 1.54) is 25.7 Å². The van der Waals surface area contributed by atoms with Gasteiger partial charge in [0.25, 0.3) is 0 Å². The van der Waals surface area contributed by atoms with Gasteiger partial charge in [-0.1, -0.05) is 68.4 Å². The maximum atomic E-state index is 11.4. The van der Waals surface area contributed by atoms with Crippen LogP contribution in [0.15, 0.2) is 48.6 Å². The number of ether oxygens (including phenoxy) is 2. The molecule has 0 radical (unpaired) electrons. The highest BCUT2D eigenvalue weighted by molar-refractivity contribution is 5.69. The van der Waals surface area contributed by atoms with Gasteiger partial charge in [-0.15, -0.1) is 0 Å². The van der Waals surface area contributed by atoms with Crippen molar-refractivity contribution in [3.8, 4) is 0 Å². The van der Waals surface area contributed by atoms with Crippen LogP contribution in [0.5, 0.6) is 0 Å². The highest BCUT2D eigenvalue weighted by Gasteiger charge is 2.23. The number of carbonyl (C=O) groups is 1. The fraction of sp³-hybridized carbons (Fsp3) is 0.609. The van der Waals surface area contributed by atoms with Gasteiger partial charge in [-0.25, -0.2) is 0 Å². The van der Waals surface area contributed by atoms with Gasteiger partial charge in [-0.05, 0) is 44.9 Å². The Morgan fingerprint density at radius 1 is 0.885 bits per heavy atom. The van der Waals surface area contributed by atoms with E-state index >= 15 is 0 Å². The van der Waals surface area contributed by atoms with Crippen molar-refractivity contribution in [2.75, 3.05) is 13.2 Å². The van der Waals surface area contributed by atoms with Crippen molar-refractivity contribution >= 4 is 5.97 Å². The van der Waals surface area contributed by atoms with E-state index in [-0.39, 0.29) is 12.1 Å². The topological polar surface area (TPSA) is 38.8 Å². The molecule has 1 unspecified atom stereocenters. The Balaban J connectivity index is 1.86. The summed E-state index contributed by atoms with van der Waals surface area (Å²) in [6.07, 6.45) is 28.2. The van der Waals surface area contributed by atoms with Crippen LogP contribution in [0.25, 0.3) is 0 Å². The van der Waals surface area contributed by atoms with Crippen LogP contribution in [0.2, 0.25) is 0 Å². The first-order valence-electron chi connectivity index (χ1n) is 10.2. The summed E-state index contributed by atoms with van der Waals surface area (Å²) in [5, 5.41) is 0. The van der Waals surface area contributed by atoms with Crippen LogP contribution in [-0.4, -0.2) is 25.3 Å². The summed E-state index contributed by atoms with van der Waals surface area (Å²) in [4.78, 5) is 11.4. The molecule has 1 rings (SSSR count). The first kappa shape index (κ1) is 22.4. The maximum Gasteiger partial charge on any atom is 0.305 e. The molecule has 0 amide bonds. The molecule has 0 bridgehead atoms. The van der Waals surface area contributed by atoms with Gasteiger partial charge in [0.1, 0.15) is 12.7 Å². The lowest BCUT2D eigenvalue weighted by Gasteiger charge is -2.00. The Labute approximate surface area is 159 Å². The molecule has 1 aliphatic heterocycles. The van der Waals surface area contributed by atoms with E-state index in [0.717, 1.165) is 38.7 Å². The van der Waals surface area contributed by atoms with Gasteiger partial charge in [0.05, 0.1) is 6.61 Å². The molecule has 0 aromatic rings. The number of hydrogen-bond donors (Lipinski definition) is 0. The molecule has 146 valence electrons. The zero-order chi connectivity index (χ0) is 18.7. The van der Waals surface area contributed by atoms with E-state index < -0.39 is 0 Å². The first-order chi connectivity index (χ1) is 12.8. The zero-order valence-electron chi connectivity index (χ0n) is 16.4. The average molecular weight is 361 g/mol. The Hall–Kier alpha value is -1.61. The number of epoxide rings is 1. The summed E-state index contributed by atoms with van der Waals surface area (Å²) in [5.41, 5.74) is 0. The summed E-state index contributed by atoms with van der Waals surface area (Å²) >= 11 is 0. The molecular formula is C23H36O3. The quantitative estimate of drug-likeness (QED) is 0.145. The van der Waals surface area contributed by atoms with Gasteiger partial charge in [0.2, 0.25) is 0 Å². The molecule has 0 spiro atoms. The van der Waals surface area contributed by atoms with Crippen molar-refractivity contribution in [3.63, 3.8) is 0 Å². The molecule has 1 saturated heterocycles. The predicted octanol–water partition coefficient (Wildman–Crippen LogP) is 6.07. The molecule has 1 fully saturated rings. The van der Waals surface area contributed by atoms with Gasteiger partial charge < -0.3 is 9.47 Å². The normalized spacial score (nSPS) is 17.2. The smallest absolute Gasteiger partial charge is 0.305 e. The average Bonchev–Trinajstić information content (AvgIpc) is 3.47. The summed E-state index contributed by atoms with van der Waals surface area (Å²) in [6, 6.07) is 0. The molecule has 0 aliphatic carbocycles. The number of unbranched alkanes of at least 4 members (excludes halogenated alkanes) is 4. The van der Waals surface area contributed by atoms with Crippen molar-refractivity contribution in [1.29, 1.82) is 0 Å². The molecular weight excluding hydrogens is 324 g/mol. The molecule has 3 heteroatoms. The third-order valence-electron chi connectivity index (χ3n) is 4.04. The van der Waals surface area contributed by atoms with Crippen molar-refractivity contribution in [1.82, 2.24) is 0 Å². The molecule has 1 heterocycles. The van der Waals surface area contributed by atoms with E-state index in [1.807, 2.05) is 0 Å². The molecule has 0 aromatic heterocycles. The monoisotopic (exact) mass is 360 g/mol. The van der Waals surface area contributed by atoms with Crippen LogP contribution in [0.3, 0.4) is 0 Å². The number of carbonyl (C=O) groups excluding carboxylic acids is 1. The lowest BCUT2D eigenvalue weighted by Crippen LogP contribution is -2.09. The number of esters is 1. The lowest BCUT2D eigenvalue weighted by molar-refractivity contribution is -0.144. The van der Waals surface area contributed by atoms with E-state index in [2.05, 4.69) is 55.5 Å². The second kappa shape index (κ2) is 16.8. The van der Waals surface area contributed by atoms with Crippen LogP contribution in [0.4, 0.5) is 0 Å². The summed E-state index contributed by atoms with van der Waals surface area (Å²) < 4.78 is 10.1. The third kappa shape index (κ3) is 15.9. The van der Waals surface area contributed by atoms with Crippen LogP contribution in [-0.2, 0) is 14.3 Å². The fourth-order valence-corrected chi connectivity index (χ4v) is 2.35. The molecule has 0 N–H and O–H groups in total. The van der Waals surface area contributed by atoms with Gasteiger partial charge in [0, 0.05) is 6.42 Å². The van der Waals surface area contributed by atoms with E-state index in [9.17, 15) is 4.79 Å². The van der Waals surface area contributed by atoms with Crippen molar-refractivity contribution in [3.05, 3.63) is 48.6 Å². The Morgan fingerprint density at radius 3 is 1.96 bits per heavy atom. The zero-order valence-corrected chi connectivity index (χ0v) is 16.4. The summed E-state index contributed by atoms with van der Waals surface area (Å²) in [5.74, 6) is -0.114. The molecule has 0 aromatic carbocycles. The van der Waals surface area contributed by atoms with Gasteiger partial charge in [0.15, 0.2) is 0 Å². The highest BCUT2D eigenvalue weighted by Crippen LogP contribution is 2.09. The fourth-order valence-electron chi connectivity index (χ4n) is 2.35. The molecule has 1 atom stereocenters. The molecule has 3 nitrogen and oxygen atoms in total. The summed E-state index contributed by atoms with van der Waals surface area (Å²) in [6.45, 7) is 3.39. The second-order valence-corrected chi connectivity index (χ2v) is 6.62. The van der Waals surface area contributed by atoms with E-state index in [4.69, 9.17) is 9.47 Å². The summed E-state index contributed by atoms with van der Waals surface area (Å²) in [7, 11) is 0. The number of allylic oxidation sites excluding steroid dienone is 8. The van der Waals surface area contributed by atoms with E-state index in [0.29, 0.717) is 13.0 Å². The molecule has 26 heavy (non-hydrogen) atoms. The minimum atomic E-state index is -0.114. The Bertz CT molecular complexity index is 456. The van der Waals surface area contributed by atoms with Gasteiger partial charge >= 0.3 is 5.97 Å². The lowest BCUT2D eigenvalue weighted by atomic mass is 10.2. The van der Waals surface area contributed by atoms with Gasteiger partial charge in [-0.3, -0.25) is 4.79 Å². The maximum absolute atomic E-state index is 11.4. The Morgan fingerprint density at radius 2 is 1.42 bits per heavy atom. The first-order valence-corrected chi connectivity index (χ1v) is 10.2. The van der Waals surface area contributed by atoms with Crippen molar-refractivity contribution in [2.24, 2.45) is 0 Å².